The van der Waals surface area contributed by atoms with Crippen molar-refractivity contribution in [1.29, 1.82) is 0 Å². The molecule has 0 spiro atoms. The Morgan fingerprint density at radius 2 is 2.06 bits per heavy atom. The van der Waals surface area contributed by atoms with Gasteiger partial charge in [0, 0.05) is 25.4 Å². The van der Waals surface area contributed by atoms with Crippen molar-refractivity contribution in [2.24, 2.45) is 17.3 Å². The van der Waals surface area contributed by atoms with Crippen LogP contribution < -0.4 is 22.3 Å². The lowest BCUT2D eigenvalue weighted by Gasteiger charge is -2.18. The van der Waals surface area contributed by atoms with Gasteiger partial charge in [-0.15, -0.1) is 0 Å². The molecule has 0 bridgehead atoms. The Labute approximate surface area is 103 Å². The molecule has 6 N–H and O–H groups in total. The summed E-state index contributed by atoms with van der Waals surface area (Å²) < 4.78 is 39.5. The van der Waals surface area contributed by atoms with E-state index in [1.807, 2.05) is 0 Å². The van der Waals surface area contributed by atoms with Crippen LogP contribution in [0.4, 0.5) is 18.9 Å². The van der Waals surface area contributed by atoms with Crippen LogP contribution in [0.5, 0.6) is 0 Å². The van der Waals surface area contributed by atoms with E-state index in [0.29, 0.717) is 6.92 Å². The second-order valence-electron chi connectivity index (χ2n) is 3.87. The molecule has 1 rings (SSSR count). The maximum Gasteiger partial charge on any atom is 0.273 e. The number of alkyl halides is 2. The third-order valence-corrected chi connectivity index (χ3v) is 2.26. The highest BCUT2D eigenvalue weighted by Gasteiger charge is 2.28. The summed E-state index contributed by atoms with van der Waals surface area (Å²) in [4.78, 5) is 0. The van der Waals surface area contributed by atoms with Crippen molar-refractivity contribution in [2.45, 2.75) is 12.8 Å². The smallest absolute Gasteiger partial charge is 0.273 e. The van der Waals surface area contributed by atoms with E-state index in [1.165, 1.54) is 12.3 Å². The lowest BCUT2D eigenvalue weighted by Crippen LogP contribution is -2.28. The van der Waals surface area contributed by atoms with Gasteiger partial charge in [-0.2, -0.15) is 0 Å². The first-order valence-corrected chi connectivity index (χ1v) is 5.13. The molecule has 0 aliphatic rings. The average molecular weight is 260 g/mol. The molecule has 0 heterocycles. The van der Waals surface area contributed by atoms with Gasteiger partial charge in [-0.3, -0.25) is 5.01 Å². The number of nitrogens with zero attached hydrogens (tertiary/aromatic N) is 1. The topological polar surface area (TPSA) is 81.3 Å². The van der Waals surface area contributed by atoms with Gasteiger partial charge in [0.1, 0.15) is 5.82 Å². The summed E-state index contributed by atoms with van der Waals surface area (Å²) in [5, 5.41) is 1.01. The third kappa shape index (κ3) is 3.38. The van der Waals surface area contributed by atoms with Gasteiger partial charge in [-0.1, -0.05) is 0 Å². The van der Waals surface area contributed by atoms with Gasteiger partial charge in [-0.25, -0.2) is 19.0 Å². The van der Waals surface area contributed by atoms with Crippen LogP contribution in [0.15, 0.2) is 30.1 Å². The first-order valence-electron chi connectivity index (χ1n) is 5.13. The molecular formula is C11H15F3N4. The Morgan fingerprint density at radius 1 is 1.44 bits per heavy atom. The number of halogens is 3. The second-order valence-corrected chi connectivity index (χ2v) is 3.87. The van der Waals surface area contributed by atoms with Crippen molar-refractivity contribution < 1.29 is 13.2 Å². The molecule has 7 heteroatoms. The summed E-state index contributed by atoms with van der Waals surface area (Å²) in [6.07, 6.45) is 1.28. The van der Waals surface area contributed by atoms with E-state index in [-0.39, 0.29) is 17.9 Å². The Kier molecular flexibility index (Phi) is 4.20. The van der Waals surface area contributed by atoms with Crippen LogP contribution in [0.25, 0.3) is 0 Å². The number of benzene rings is 1. The quantitative estimate of drug-likeness (QED) is 0.564. The summed E-state index contributed by atoms with van der Waals surface area (Å²) in [7, 11) is 0. The maximum absolute atomic E-state index is 13.3. The van der Waals surface area contributed by atoms with Gasteiger partial charge in [0.05, 0.1) is 11.3 Å². The van der Waals surface area contributed by atoms with Gasteiger partial charge in [0.25, 0.3) is 5.92 Å². The van der Waals surface area contributed by atoms with E-state index in [0.717, 1.165) is 17.1 Å². The summed E-state index contributed by atoms with van der Waals surface area (Å²) in [6.45, 7) is 0.686. The van der Waals surface area contributed by atoms with Crippen molar-refractivity contribution in [1.82, 2.24) is 0 Å². The molecule has 100 valence electrons. The number of rotatable bonds is 4. The van der Waals surface area contributed by atoms with Crippen LogP contribution in [0.2, 0.25) is 0 Å². The minimum Gasteiger partial charge on any atom is -0.400 e. The first kappa shape index (κ1) is 14.3. The number of anilines is 1. The van der Waals surface area contributed by atoms with Crippen LogP contribution in [0.3, 0.4) is 0 Å². The maximum atomic E-state index is 13.3. The van der Waals surface area contributed by atoms with E-state index < -0.39 is 17.3 Å². The van der Waals surface area contributed by atoms with Gasteiger partial charge < -0.3 is 11.5 Å². The number of nitrogens with two attached hydrogens (primary N) is 3. The van der Waals surface area contributed by atoms with Gasteiger partial charge in [-0.05, 0) is 18.2 Å². The standard InChI is InChI=1S/C11H15F3N4/c1-11(13,14)9-4-8(2-3-10(9)12)18(17)6-7(16)5-15/h2-4,6H,5,15-17H2,1H3/b7-6-. The van der Waals surface area contributed by atoms with Gasteiger partial charge in [0.2, 0.25) is 0 Å². The lowest BCUT2D eigenvalue weighted by molar-refractivity contribution is 0.0138. The Bertz CT molecular complexity index is 454. The second kappa shape index (κ2) is 5.28. The SMILES string of the molecule is CC(F)(F)c1cc(N(N)/C=C(\N)CN)ccc1F. The molecule has 0 aromatic heterocycles. The van der Waals surface area contributed by atoms with E-state index in [9.17, 15) is 13.2 Å². The van der Waals surface area contributed by atoms with Crippen LogP contribution in [-0.2, 0) is 5.92 Å². The lowest BCUT2D eigenvalue weighted by atomic mass is 10.1. The molecule has 0 saturated heterocycles. The number of hydrogen-bond donors (Lipinski definition) is 3. The average Bonchev–Trinajstić information content (AvgIpc) is 2.27. The van der Waals surface area contributed by atoms with Crippen molar-refractivity contribution in [3.8, 4) is 0 Å². The number of hydrogen-bond acceptors (Lipinski definition) is 4. The molecule has 0 aliphatic heterocycles. The molecule has 0 amide bonds. The highest BCUT2D eigenvalue weighted by Crippen LogP contribution is 2.31. The van der Waals surface area contributed by atoms with E-state index in [1.54, 1.807) is 0 Å². The fraction of sp³-hybridized carbons (Fsp3) is 0.273. The summed E-state index contributed by atoms with van der Waals surface area (Å²) in [6, 6.07) is 3.16. The Balaban J connectivity index is 3.13. The predicted octanol–water partition coefficient (Wildman–Crippen LogP) is 1.38. The van der Waals surface area contributed by atoms with Gasteiger partial charge >= 0.3 is 0 Å². The van der Waals surface area contributed by atoms with Crippen molar-refractivity contribution >= 4 is 5.69 Å². The molecule has 0 saturated carbocycles. The Morgan fingerprint density at radius 3 is 2.56 bits per heavy atom. The fourth-order valence-electron chi connectivity index (χ4n) is 1.32. The highest BCUT2D eigenvalue weighted by molar-refractivity contribution is 5.51. The monoisotopic (exact) mass is 260 g/mol. The molecule has 0 unspecified atom stereocenters. The fourth-order valence-corrected chi connectivity index (χ4v) is 1.32. The molecule has 0 atom stereocenters. The minimum atomic E-state index is -3.29. The number of hydrazine groups is 1. The van der Waals surface area contributed by atoms with E-state index >= 15 is 0 Å². The van der Waals surface area contributed by atoms with Gasteiger partial charge in [0.15, 0.2) is 0 Å². The van der Waals surface area contributed by atoms with Crippen molar-refractivity contribution in [2.75, 3.05) is 11.6 Å². The zero-order chi connectivity index (χ0) is 13.9. The van der Waals surface area contributed by atoms with E-state index in [4.69, 9.17) is 17.3 Å². The summed E-state index contributed by atoms with van der Waals surface area (Å²) in [5.41, 5.74) is 10.5. The predicted molar refractivity (Wildman–Crippen MR) is 64.0 cm³/mol. The van der Waals surface area contributed by atoms with Crippen LogP contribution in [0, 0.1) is 5.82 Å². The molecule has 0 aliphatic carbocycles. The molecule has 18 heavy (non-hydrogen) atoms. The molecule has 1 aromatic carbocycles. The third-order valence-electron chi connectivity index (χ3n) is 2.26. The van der Waals surface area contributed by atoms with Crippen LogP contribution >= 0.6 is 0 Å². The molecule has 4 nitrogen and oxygen atoms in total. The van der Waals surface area contributed by atoms with Crippen molar-refractivity contribution in [3.05, 3.63) is 41.5 Å². The highest BCUT2D eigenvalue weighted by atomic mass is 19.3. The summed E-state index contributed by atoms with van der Waals surface area (Å²) in [5.74, 6) is 1.31. The molecule has 0 radical (unpaired) electrons. The summed E-state index contributed by atoms with van der Waals surface area (Å²) >= 11 is 0. The Hall–Kier alpha value is -1.73. The molecule has 1 aromatic rings. The normalized spacial score (nSPS) is 12.7. The van der Waals surface area contributed by atoms with Crippen LogP contribution in [0.1, 0.15) is 12.5 Å². The van der Waals surface area contributed by atoms with Crippen LogP contribution in [-0.4, -0.2) is 6.54 Å². The largest absolute Gasteiger partial charge is 0.400 e. The van der Waals surface area contributed by atoms with Crippen molar-refractivity contribution in [3.63, 3.8) is 0 Å². The van der Waals surface area contributed by atoms with E-state index in [2.05, 4.69) is 0 Å². The zero-order valence-electron chi connectivity index (χ0n) is 9.83. The zero-order valence-corrected chi connectivity index (χ0v) is 9.83. The minimum absolute atomic E-state index is 0.0751. The molecule has 0 fully saturated rings. The first-order chi connectivity index (χ1) is 8.25. The molecular weight excluding hydrogens is 245 g/mol.